The third-order valence-electron chi connectivity index (χ3n) is 2.91. The molecule has 0 aromatic heterocycles. The number of hydrogen-bond donors (Lipinski definition) is 1. The number of terminal acetylenes is 1. The van der Waals surface area contributed by atoms with E-state index in [0.717, 1.165) is 19.3 Å². The minimum absolute atomic E-state index is 0.560. The fourth-order valence-corrected chi connectivity index (χ4v) is 1.72. The van der Waals surface area contributed by atoms with Crippen LogP contribution in [-0.2, 0) is 0 Å². The molecular weight excluding hydrogens is 136 g/mol. The maximum absolute atomic E-state index is 9.73. The van der Waals surface area contributed by atoms with E-state index in [-0.39, 0.29) is 0 Å². The Bertz CT molecular complexity index is 180. The van der Waals surface area contributed by atoms with Gasteiger partial charge < -0.3 is 5.11 Å². The van der Waals surface area contributed by atoms with Crippen molar-refractivity contribution in [2.45, 2.75) is 38.7 Å². The molecule has 1 saturated carbocycles. The normalized spacial score (nSPS) is 44.9. The molecule has 1 aliphatic rings. The Morgan fingerprint density at radius 1 is 1.45 bits per heavy atom. The molecule has 0 bridgehead atoms. The van der Waals surface area contributed by atoms with Crippen LogP contribution in [-0.4, -0.2) is 10.7 Å². The summed E-state index contributed by atoms with van der Waals surface area (Å²) in [6.07, 6.45) is 7.84. The standard InChI is InChI=1S/C10H16O/c1-4-10(11)6-5-8(2)9(3)7-10/h1,8-9,11H,5-7H2,2-3H3. The molecule has 0 radical (unpaired) electrons. The predicted molar refractivity (Wildman–Crippen MR) is 46.0 cm³/mol. The van der Waals surface area contributed by atoms with Gasteiger partial charge in [-0.05, 0) is 31.1 Å². The summed E-state index contributed by atoms with van der Waals surface area (Å²) in [6.45, 7) is 4.38. The quantitative estimate of drug-likeness (QED) is 0.525. The average Bonchev–Trinajstić information content (AvgIpc) is 1.98. The lowest BCUT2D eigenvalue weighted by atomic mass is 9.74. The van der Waals surface area contributed by atoms with E-state index in [4.69, 9.17) is 6.42 Å². The van der Waals surface area contributed by atoms with Crippen molar-refractivity contribution in [3.63, 3.8) is 0 Å². The van der Waals surface area contributed by atoms with Crippen molar-refractivity contribution in [1.82, 2.24) is 0 Å². The van der Waals surface area contributed by atoms with Crippen LogP contribution < -0.4 is 0 Å². The van der Waals surface area contributed by atoms with E-state index in [2.05, 4.69) is 19.8 Å². The Morgan fingerprint density at radius 3 is 2.55 bits per heavy atom. The molecule has 1 N–H and O–H groups in total. The summed E-state index contributed by atoms with van der Waals surface area (Å²) in [7, 11) is 0. The van der Waals surface area contributed by atoms with Gasteiger partial charge in [0, 0.05) is 0 Å². The van der Waals surface area contributed by atoms with Gasteiger partial charge in [0.05, 0.1) is 0 Å². The molecule has 0 heterocycles. The molecule has 62 valence electrons. The summed E-state index contributed by atoms with van der Waals surface area (Å²) >= 11 is 0. The van der Waals surface area contributed by atoms with E-state index in [1.54, 1.807) is 0 Å². The molecule has 11 heavy (non-hydrogen) atoms. The first-order valence-electron chi connectivity index (χ1n) is 4.27. The summed E-state index contributed by atoms with van der Waals surface area (Å²) in [5.41, 5.74) is -0.800. The van der Waals surface area contributed by atoms with Crippen LogP contribution in [0.1, 0.15) is 33.1 Å². The van der Waals surface area contributed by atoms with E-state index in [1.165, 1.54) is 0 Å². The minimum Gasteiger partial charge on any atom is -0.378 e. The van der Waals surface area contributed by atoms with Gasteiger partial charge in [-0.1, -0.05) is 19.8 Å². The molecule has 1 heteroatoms. The molecule has 3 unspecified atom stereocenters. The van der Waals surface area contributed by atoms with Crippen molar-refractivity contribution < 1.29 is 5.11 Å². The van der Waals surface area contributed by atoms with Gasteiger partial charge in [-0.2, -0.15) is 0 Å². The van der Waals surface area contributed by atoms with E-state index < -0.39 is 5.60 Å². The van der Waals surface area contributed by atoms with Crippen LogP contribution in [0.15, 0.2) is 0 Å². The van der Waals surface area contributed by atoms with Gasteiger partial charge in [-0.3, -0.25) is 0 Å². The molecular formula is C10H16O. The Kier molecular flexibility index (Phi) is 2.25. The number of rotatable bonds is 0. The van der Waals surface area contributed by atoms with Gasteiger partial charge in [-0.15, -0.1) is 6.42 Å². The highest BCUT2D eigenvalue weighted by atomic mass is 16.3. The lowest BCUT2D eigenvalue weighted by Gasteiger charge is -2.35. The molecule has 0 saturated heterocycles. The van der Waals surface area contributed by atoms with Gasteiger partial charge in [-0.25, -0.2) is 0 Å². The molecule has 0 aromatic rings. The third kappa shape index (κ3) is 1.75. The average molecular weight is 152 g/mol. The fraction of sp³-hybridized carbons (Fsp3) is 0.800. The first-order valence-corrected chi connectivity index (χ1v) is 4.27. The van der Waals surface area contributed by atoms with E-state index >= 15 is 0 Å². The van der Waals surface area contributed by atoms with Crippen molar-refractivity contribution in [1.29, 1.82) is 0 Å². The first kappa shape index (κ1) is 8.62. The van der Waals surface area contributed by atoms with Crippen molar-refractivity contribution in [3.05, 3.63) is 0 Å². The zero-order valence-electron chi connectivity index (χ0n) is 7.30. The summed E-state index contributed by atoms with van der Waals surface area (Å²) in [4.78, 5) is 0. The molecule has 0 aromatic carbocycles. The molecule has 1 rings (SSSR count). The van der Waals surface area contributed by atoms with Gasteiger partial charge in [0.1, 0.15) is 5.60 Å². The Balaban J connectivity index is 2.61. The highest BCUT2D eigenvalue weighted by Crippen LogP contribution is 2.35. The number of aliphatic hydroxyl groups is 1. The highest BCUT2D eigenvalue weighted by molar-refractivity contribution is 5.09. The lowest BCUT2D eigenvalue weighted by molar-refractivity contribution is 0.0215. The zero-order chi connectivity index (χ0) is 8.48. The van der Waals surface area contributed by atoms with Gasteiger partial charge in [0.15, 0.2) is 0 Å². The first-order chi connectivity index (χ1) is 5.07. The smallest absolute Gasteiger partial charge is 0.125 e. The summed E-state index contributed by atoms with van der Waals surface area (Å²) in [5.74, 6) is 3.76. The van der Waals surface area contributed by atoms with Crippen LogP contribution in [0.25, 0.3) is 0 Å². The topological polar surface area (TPSA) is 20.2 Å². The summed E-state index contributed by atoms with van der Waals surface area (Å²) < 4.78 is 0. The van der Waals surface area contributed by atoms with Crippen LogP contribution >= 0.6 is 0 Å². The Morgan fingerprint density at radius 2 is 2.09 bits per heavy atom. The maximum Gasteiger partial charge on any atom is 0.125 e. The fourth-order valence-electron chi connectivity index (χ4n) is 1.72. The van der Waals surface area contributed by atoms with Gasteiger partial charge in [0.2, 0.25) is 0 Å². The largest absolute Gasteiger partial charge is 0.378 e. The maximum atomic E-state index is 9.73. The van der Waals surface area contributed by atoms with Crippen LogP contribution in [0.3, 0.4) is 0 Å². The van der Waals surface area contributed by atoms with Crippen LogP contribution in [0.5, 0.6) is 0 Å². The van der Waals surface area contributed by atoms with E-state index in [9.17, 15) is 5.11 Å². The predicted octanol–water partition coefficient (Wildman–Crippen LogP) is 1.81. The second-order valence-corrected chi connectivity index (χ2v) is 3.87. The van der Waals surface area contributed by atoms with E-state index in [1.807, 2.05) is 0 Å². The second kappa shape index (κ2) is 2.87. The van der Waals surface area contributed by atoms with Crippen LogP contribution in [0.4, 0.5) is 0 Å². The molecule has 3 atom stereocenters. The molecule has 1 nitrogen and oxygen atoms in total. The van der Waals surface area contributed by atoms with Crippen molar-refractivity contribution in [2.75, 3.05) is 0 Å². The van der Waals surface area contributed by atoms with Crippen molar-refractivity contribution >= 4 is 0 Å². The van der Waals surface area contributed by atoms with Gasteiger partial charge in [0.25, 0.3) is 0 Å². The van der Waals surface area contributed by atoms with Crippen LogP contribution in [0.2, 0.25) is 0 Å². The summed E-state index contributed by atoms with van der Waals surface area (Å²) in [5, 5.41) is 9.73. The molecule has 1 aliphatic carbocycles. The van der Waals surface area contributed by atoms with E-state index in [0.29, 0.717) is 11.8 Å². The SMILES string of the molecule is C#CC1(O)CCC(C)C(C)C1. The van der Waals surface area contributed by atoms with Crippen molar-refractivity contribution in [2.24, 2.45) is 11.8 Å². The Hall–Kier alpha value is -0.480. The van der Waals surface area contributed by atoms with Crippen molar-refractivity contribution in [3.8, 4) is 12.3 Å². The third-order valence-corrected chi connectivity index (χ3v) is 2.91. The molecule has 0 aliphatic heterocycles. The second-order valence-electron chi connectivity index (χ2n) is 3.87. The molecule has 1 fully saturated rings. The summed E-state index contributed by atoms with van der Waals surface area (Å²) in [6, 6.07) is 0. The zero-order valence-corrected chi connectivity index (χ0v) is 7.30. The molecule has 0 amide bonds. The lowest BCUT2D eigenvalue weighted by Crippen LogP contribution is -2.36. The highest BCUT2D eigenvalue weighted by Gasteiger charge is 2.33. The van der Waals surface area contributed by atoms with Gasteiger partial charge >= 0.3 is 0 Å². The Labute approximate surface area is 68.8 Å². The van der Waals surface area contributed by atoms with Crippen LogP contribution in [0, 0.1) is 24.2 Å². The minimum atomic E-state index is -0.800. The number of hydrogen-bond acceptors (Lipinski definition) is 1. The molecule has 0 spiro atoms. The monoisotopic (exact) mass is 152 g/mol.